The molecule has 2 aliphatic heterocycles. The van der Waals surface area contributed by atoms with E-state index in [0.29, 0.717) is 6.04 Å². The molecule has 0 aromatic carbocycles. The molecule has 3 aliphatic rings. The van der Waals surface area contributed by atoms with Gasteiger partial charge in [0.1, 0.15) is 0 Å². The van der Waals surface area contributed by atoms with Crippen molar-refractivity contribution in [2.75, 3.05) is 26.2 Å². The zero-order valence-corrected chi connectivity index (χ0v) is 8.86. The molecule has 3 fully saturated rings. The Bertz CT molecular complexity index is 215. The number of hydrogen-bond donors (Lipinski definition) is 1. The van der Waals surface area contributed by atoms with Crippen molar-refractivity contribution in [3.63, 3.8) is 0 Å². The molecule has 0 radical (unpaired) electrons. The van der Waals surface area contributed by atoms with E-state index in [2.05, 4.69) is 9.80 Å². The second kappa shape index (κ2) is 3.47. The zero-order valence-electron chi connectivity index (χ0n) is 8.86. The monoisotopic (exact) mass is 195 g/mol. The number of rotatable bonds is 3. The molecule has 2 atom stereocenters. The molecule has 0 aromatic heterocycles. The second-order valence-corrected chi connectivity index (χ2v) is 5.22. The molecule has 2 unspecified atom stereocenters. The molecular formula is C11H21N3. The highest BCUT2D eigenvalue weighted by molar-refractivity contribution is 4.96. The minimum absolute atomic E-state index is 0.449. The van der Waals surface area contributed by atoms with Crippen LogP contribution in [-0.4, -0.2) is 54.1 Å². The van der Waals surface area contributed by atoms with Crippen molar-refractivity contribution in [2.24, 2.45) is 5.73 Å². The van der Waals surface area contributed by atoms with Gasteiger partial charge in [-0.25, -0.2) is 0 Å². The third-order valence-electron chi connectivity index (χ3n) is 3.98. The van der Waals surface area contributed by atoms with Gasteiger partial charge < -0.3 is 10.6 Å². The van der Waals surface area contributed by atoms with Crippen LogP contribution < -0.4 is 5.73 Å². The van der Waals surface area contributed by atoms with Gasteiger partial charge >= 0.3 is 0 Å². The molecular weight excluding hydrogens is 174 g/mol. The third-order valence-corrected chi connectivity index (χ3v) is 3.98. The van der Waals surface area contributed by atoms with Crippen LogP contribution in [0.2, 0.25) is 0 Å². The summed E-state index contributed by atoms with van der Waals surface area (Å²) in [5, 5.41) is 0. The highest BCUT2D eigenvalue weighted by Crippen LogP contribution is 2.34. The van der Waals surface area contributed by atoms with Crippen LogP contribution in [-0.2, 0) is 0 Å². The smallest absolute Gasteiger partial charge is 0.0238 e. The summed E-state index contributed by atoms with van der Waals surface area (Å²) in [4.78, 5) is 5.27. The Kier molecular flexibility index (Phi) is 2.26. The van der Waals surface area contributed by atoms with Crippen molar-refractivity contribution in [3.05, 3.63) is 0 Å². The van der Waals surface area contributed by atoms with Gasteiger partial charge in [-0.1, -0.05) is 0 Å². The normalized spacial score (nSPS) is 40.1. The Morgan fingerprint density at radius 3 is 2.43 bits per heavy atom. The topological polar surface area (TPSA) is 32.5 Å². The van der Waals surface area contributed by atoms with E-state index in [0.717, 1.165) is 18.6 Å². The van der Waals surface area contributed by atoms with Gasteiger partial charge in [-0.05, 0) is 32.2 Å². The predicted molar refractivity (Wildman–Crippen MR) is 57.2 cm³/mol. The lowest BCUT2D eigenvalue weighted by Crippen LogP contribution is -2.54. The fourth-order valence-corrected chi connectivity index (χ4v) is 2.87. The van der Waals surface area contributed by atoms with Gasteiger partial charge in [0.05, 0.1) is 0 Å². The predicted octanol–water partition coefficient (Wildman–Crippen LogP) is 0.256. The molecule has 1 aliphatic carbocycles. The number of likely N-dealkylation sites (tertiary alicyclic amines) is 2. The van der Waals surface area contributed by atoms with Gasteiger partial charge in [0, 0.05) is 37.8 Å². The lowest BCUT2D eigenvalue weighted by Gasteiger charge is -2.43. The van der Waals surface area contributed by atoms with Crippen molar-refractivity contribution in [3.8, 4) is 0 Å². The summed E-state index contributed by atoms with van der Waals surface area (Å²) in [6.45, 7) is 5.00. The largest absolute Gasteiger partial charge is 0.326 e. The van der Waals surface area contributed by atoms with Gasteiger partial charge in [-0.15, -0.1) is 0 Å². The van der Waals surface area contributed by atoms with Crippen LogP contribution in [0.1, 0.15) is 25.7 Å². The van der Waals surface area contributed by atoms with Gasteiger partial charge in [0.25, 0.3) is 0 Å². The van der Waals surface area contributed by atoms with E-state index >= 15 is 0 Å². The summed E-state index contributed by atoms with van der Waals surface area (Å²) in [6, 6.07) is 2.28. The number of nitrogens with two attached hydrogens (primary N) is 1. The number of nitrogens with zero attached hydrogens (tertiary/aromatic N) is 2. The maximum Gasteiger partial charge on any atom is 0.0238 e. The van der Waals surface area contributed by atoms with E-state index in [-0.39, 0.29) is 0 Å². The molecule has 3 nitrogen and oxygen atoms in total. The quantitative estimate of drug-likeness (QED) is 0.701. The van der Waals surface area contributed by atoms with Crippen molar-refractivity contribution in [2.45, 2.75) is 43.8 Å². The van der Waals surface area contributed by atoms with Crippen molar-refractivity contribution >= 4 is 0 Å². The van der Waals surface area contributed by atoms with Crippen LogP contribution >= 0.6 is 0 Å². The maximum absolute atomic E-state index is 5.91. The first-order valence-electron chi connectivity index (χ1n) is 6.06. The standard InChI is InChI=1S/C11H21N3/c12-9-3-5-13(7-9)8-11-4-6-14(11)10-1-2-10/h9-11H,1-8,12H2. The summed E-state index contributed by atoms with van der Waals surface area (Å²) in [6.07, 6.45) is 5.53. The first kappa shape index (κ1) is 9.13. The highest BCUT2D eigenvalue weighted by Gasteiger charge is 2.40. The average Bonchev–Trinajstić information content (AvgIpc) is 2.84. The molecule has 1 saturated carbocycles. The lowest BCUT2D eigenvalue weighted by atomic mass is 10.0. The highest BCUT2D eigenvalue weighted by atomic mass is 15.3. The lowest BCUT2D eigenvalue weighted by molar-refractivity contribution is 0.0546. The van der Waals surface area contributed by atoms with Crippen LogP contribution in [0, 0.1) is 0 Å². The molecule has 0 spiro atoms. The molecule has 14 heavy (non-hydrogen) atoms. The Balaban J connectivity index is 1.47. The first-order valence-corrected chi connectivity index (χ1v) is 6.06. The molecule has 0 bridgehead atoms. The van der Waals surface area contributed by atoms with Crippen molar-refractivity contribution < 1.29 is 0 Å². The van der Waals surface area contributed by atoms with E-state index in [1.807, 2.05) is 0 Å². The Labute approximate surface area is 86.2 Å². The maximum atomic E-state index is 5.91. The van der Waals surface area contributed by atoms with Gasteiger partial charge in [0.15, 0.2) is 0 Å². The fraction of sp³-hybridized carbons (Fsp3) is 1.00. The third kappa shape index (κ3) is 1.69. The Morgan fingerprint density at radius 1 is 1.07 bits per heavy atom. The van der Waals surface area contributed by atoms with Crippen molar-refractivity contribution in [1.29, 1.82) is 0 Å². The molecule has 2 saturated heterocycles. The average molecular weight is 195 g/mol. The fourth-order valence-electron chi connectivity index (χ4n) is 2.87. The zero-order chi connectivity index (χ0) is 9.54. The number of hydrogen-bond acceptors (Lipinski definition) is 3. The SMILES string of the molecule is NC1CCN(CC2CCN2C2CC2)C1. The minimum Gasteiger partial charge on any atom is -0.326 e. The Morgan fingerprint density at radius 2 is 1.93 bits per heavy atom. The molecule has 2 heterocycles. The van der Waals surface area contributed by atoms with Crippen LogP contribution in [0.15, 0.2) is 0 Å². The van der Waals surface area contributed by atoms with Gasteiger partial charge in [-0.2, -0.15) is 0 Å². The summed E-state index contributed by atoms with van der Waals surface area (Å²) in [5.41, 5.74) is 5.91. The molecule has 0 aromatic rings. The molecule has 3 rings (SSSR count). The van der Waals surface area contributed by atoms with Crippen LogP contribution in [0.3, 0.4) is 0 Å². The molecule has 2 N–H and O–H groups in total. The summed E-state index contributed by atoms with van der Waals surface area (Å²) < 4.78 is 0. The second-order valence-electron chi connectivity index (χ2n) is 5.22. The van der Waals surface area contributed by atoms with E-state index in [1.165, 1.54) is 45.3 Å². The molecule has 0 amide bonds. The van der Waals surface area contributed by atoms with Gasteiger partial charge in [0.2, 0.25) is 0 Å². The first-order chi connectivity index (χ1) is 6.83. The van der Waals surface area contributed by atoms with Gasteiger partial charge in [-0.3, -0.25) is 4.90 Å². The van der Waals surface area contributed by atoms with Crippen molar-refractivity contribution in [1.82, 2.24) is 9.80 Å². The summed E-state index contributed by atoms with van der Waals surface area (Å²) >= 11 is 0. The Hall–Kier alpha value is -0.120. The van der Waals surface area contributed by atoms with Crippen LogP contribution in [0.5, 0.6) is 0 Å². The minimum atomic E-state index is 0.449. The molecule has 3 heteroatoms. The van der Waals surface area contributed by atoms with Crippen LogP contribution in [0.25, 0.3) is 0 Å². The molecule has 80 valence electrons. The van der Waals surface area contributed by atoms with E-state index in [1.54, 1.807) is 0 Å². The van der Waals surface area contributed by atoms with E-state index in [9.17, 15) is 0 Å². The van der Waals surface area contributed by atoms with E-state index < -0.39 is 0 Å². The summed E-state index contributed by atoms with van der Waals surface area (Å²) in [5.74, 6) is 0. The van der Waals surface area contributed by atoms with E-state index in [4.69, 9.17) is 5.73 Å². The summed E-state index contributed by atoms with van der Waals surface area (Å²) in [7, 11) is 0. The van der Waals surface area contributed by atoms with Crippen LogP contribution in [0.4, 0.5) is 0 Å².